The van der Waals surface area contributed by atoms with Crippen molar-refractivity contribution in [3.63, 3.8) is 0 Å². The van der Waals surface area contributed by atoms with Crippen LogP contribution in [0, 0.1) is 0 Å². The third-order valence-corrected chi connectivity index (χ3v) is 2.44. The van der Waals surface area contributed by atoms with E-state index < -0.39 is 0 Å². The van der Waals surface area contributed by atoms with Gasteiger partial charge < -0.3 is 10.1 Å². The topological polar surface area (TPSA) is 55.4 Å². The summed E-state index contributed by atoms with van der Waals surface area (Å²) in [5.74, 6) is 0.0547. The molecule has 0 atom stereocenters. The van der Waals surface area contributed by atoms with Gasteiger partial charge in [0.05, 0.1) is 5.56 Å². The van der Waals surface area contributed by atoms with Crippen LogP contribution in [0.4, 0.5) is 0 Å². The molecule has 1 aromatic rings. The molecule has 4 nitrogen and oxygen atoms in total. The predicted molar refractivity (Wildman–Crippen MR) is 65.6 cm³/mol. The summed E-state index contributed by atoms with van der Waals surface area (Å²) in [4.78, 5) is 22.7. The van der Waals surface area contributed by atoms with Gasteiger partial charge in [0.1, 0.15) is 5.75 Å². The summed E-state index contributed by atoms with van der Waals surface area (Å²) in [6.45, 7) is 1.63. The van der Waals surface area contributed by atoms with Gasteiger partial charge in [-0.2, -0.15) is 0 Å². The van der Waals surface area contributed by atoms with E-state index in [1.54, 1.807) is 25.1 Å². The monoisotopic (exact) mass is 255 g/mol. The van der Waals surface area contributed by atoms with E-state index in [9.17, 15) is 9.59 Å². The van der Waals surface area contributed by atoms with Crippen LogP contribution in [0.2, 0.25) is 5.02 Å². The maximum absolute atomic E-state index is 11.7. The molecular weight excluding hydrogens is 242 g/mol. The van der Waals surface area contributed by atoms with E-state index in [0.29, 0.717) is 22.8 Å². The Balaban J connectivity index is 2.90. The standard InChI is InChI=1S/C12H14ClNO3/c1-3-10(15)9-6-8(13)4-5-11(9)17-7-12(16)14-2/h4-6H,3,7H2,1-2H3,(H,14,16). The highest BCUT2D eigenvalue weighted by molar-refractivity contribution is 6.31. The molecule has 0 fully saturated rings. The molecule has 1 amide bonds. The van der Waals surface area contributed by atoms with Gasteiger partial charge in [-0.1, -0.05) is 18.5 Å². The minimum absolute atomic E-state index is 0.0700. The lowest BCUT2D eigenvalue weighted by atomic mass is 10.1. The number of hydrogen-bond acceptors (Lipinski definition) is 3. The molecular formula is C12H14ClNO3. The van der Waals surface area contributed by atoms with Crippen LogP contribution in [-0.2, 0) is 4.79 Å². The molecule has 0 saturated heterocycles. The molecule has 0 spiro atoms. The number of likely N-dealkylation sites (N-methyl/N-ethyl adjacent to an activating group) is 1. The van der Waals surface area contributed by atoms with Crippen LogP contribution in [0.15, 0.2) is 18.2 Å². The molecule has 1 rings (SSSR count). The molecule has 0 aliphatic carbocycles. The Hall–Kier alpha value is -1.55. The summed E-state index contributed by atoms with van der Waals surface area (Å²) in [6.07, 6.45) is 0.358. The minimum atomic E-state index is -0.255. The average Bonchev–Trinajstić information content (AvgIpc) is 2.35. The van der Waals surface area contributed by atoms with E-state index in [1.807, 2.05) is 0 Å². The van der Waals surface area contributed by atoms with Gasteiger partial charge in [-0.15, -0.1) is 0 Å². The van der Waals surface area contributed by atoms with Gasteiger partial charge in [0, 0.05) is 18.5 Å². The van der Waals surface area contributed by atoms with Crippen molar-refractivity contribution in [3.05, 3.63) is 28.8 Å². The van der Waals surface area contributed by atoms with Crippen molar-refractivity contribution in [2.75, 3.05) is 13.7 Å². The zero-order chi connectivity index (χ0) is 12.8. The van der Waals surface area contributed by atoms with Crippen LogP contribution in [0.3, 0.4) is 0 Å². The third kappa shape index (κ3) is 3.75. The molecule has 0 bridgehead atoms. The van der Waals surface area contributed by atoms with Crippen molar-refractivity contribution < 1.29 is 14.3 Å². The number of carbonyl (C=O) groups excluding carboxylic acids is 2. The summed E-state index contributed by atoms with van der Waals surface area (Å²) < 4.78 is 5.28. The van der Waals surface area contributed by atoms with E-state index in [-0.39, 0.29) is 18.3 Å². The SMILES string of the molecule is CCC(=O)c1cc(Cl)ccc1OCC(=O)NC. The number of rotatable bonds is 5. The zero-order valence-corrected chi connectivity index (χ0v) is 10.5. The first-order chi connectivity index (χ1) is 8.08. The number of hydrogen-bond donors (Lipinski definition) is 1. The Morgan fingerprint density at radius 2 is 2.12 bits per heavy atom. The minimum Gasteiger partial charge on any atom is -0.483 e. The van der Waals surface area contributed by atoms with Crippen LogP contribution in [-0.4, -0.2) is 25.3 Å². The van der Waals surface area contributed by atoms with Gasteiger partial charge in [-0.05, 0) is 18.2 Å². The van der Waals surface area contributed by atoms with Crippen LogP contribution in [0.1, 0.15) is 23.7 Å². The molecule has 0 heterocycles. The normalized spacial score (nSPS) is 9.82. The fourth-order valence-electron chi connectivity index (χ4n) is 1.25. The number of benzene rings is 1. The van der Waals surface area contributed by atoms with Gasteiger partial charge in [0.15, 0.2) is 12.4 Å². The first-order valence-corrected chi connectivity index (χ1v) is 5.62. The number of carbonyl (C=O) groups is 2. The van der Waals surface area contributed by atoms with Crippen LogP contribution in [0.5, 0.6) is 5.75 Å². The van der Waals surface area contributed by atoms with E-state index in [0.717, 1.165) is 0 Å². The van der Waals surface area contributed by atoms with Crippen LogP contribution < -0.4 is 10.1 Å². The Bertz CT molecular complexity index is 432. The summed E-state index contributed by atoms with van der Waals surface area (Å²) in [5, 5.41) is 2.90. The van der Waals surface area contributed by atoms with Crippen molar-refractivity contribution in [1.29, 1.82) is 0 Å². The first kappa shape index (κ1) is 13.5. The van der Waals surface area contributed by atoms with Gasteiger partial charge in [0.25, 0.3) is 5.91 Å². The van der Waals surface area contributed by atoms with Crippen molar-refractivity contribution in [3.8, 4) is 5.75 Å². The second-order valence-corrected chi connectivity index (χ2v) is 3.82. The van der Waals surface area contributed by atoms with E-state index in [2.05, 4.69) is 5.32 Å². The Morgan fingerprint density at radius 3 is 2.71 bits per heavy atom. The second-order valence-electron chi connectivity index (χ2n) is 3.38. The van der Waals surface area contributed by atoms with Crippen LogP contribution in [0.25, 0.3) is 0 Å². The van der Waals surface area contributed by atoms with Crippen molar-refractivity contribution >= 4 is 23.3 Å². The highest BCUT2D eigenvalue weighted by atomic mass is 35.5. The Morgan fingerprint density at radius 1 is 1.41 bits per heavy atom. The van der Waals surface area contributed by atoms with Gasteiger partial charge in [0.2, 0.25) is 0 Å². The molecule has 0 aliphatic heterocycles. The molecule has 1 aromatic carbocycles. The van der Waals surface area contributed by atoms with E-state index in [4.69, 9.17) is 16.3 Å². The summed E-state index contributed by atoms with van der Waals surface area (Å²) in [7, 11) is 1.52. The van der Waals surface area contributed by atoms with E-state index in [1.165, 1.54) is 7.05 Å². The molecule has 92 valence electrons. The smallest absolute Gasteiger partial charge is 0.257 e. The second kappa shape index (κ2) is 6.25. The van der Waals surface area contributed by atoms with Crippen molar-refractivity contribution in [2.24, 2.45) is 0 Å². The molecule has 17 heavy (non-hydrogen) atoms. The first-order valence-electron chi connectivity index (χ1n) is 5.24. The fourth-order valence-corrected chi connectivity index (χ4v) is 1.42. The molecule has 0 aliphatic rings. The lowest BCUT2D eigenvalue weighted by Crippen LogP contribution is -2.25. The van der Waals surface area contributed by atoms with Gasteiger partial charge in [-0.25, -0.2) is 0 Å². The number of ketones is 1. The molecule has 0 aromatic heterocycles. The molecule has 5 heteroatoms. The van der Waals surface area contributed by atoms with Crippen LogP contribution >= 0.6 is 11.6 Å². The predicted octanol–water partition coefficient (Wildman–Crippen LogP) is 2.06. The molecule has 1 N–H and O–H groups in total. The van der Waals surface area contributed by atoms with Crippen molar-refractivity contribution in [2.45, 2.75) is 13.3 Å². The number of nitrogens with one attached hydrogen (secondary N) is 1. The zero-order valence-electron chi connectivity index (χ0n) is 9.75. The third-order valence-electron chi connectivity index (χ3n) is 2.20. The Kier molecular flexibility index (Phi) is 4.97. The number of Topliss-reactive ketones (excluding diaryl/α,β-unsaturated/α-hetero) is 1. The fraction of sp³-hybridized carbons (Fsp3) is 0.333. The van der Waals surface area contributed by atoms with Gasteiger partial charge in [-0.3, -0.25) is 9.59 Å². The highest BCUT2D eigenvalue weighted by Gasteiger charge is 2.12. The quantitative estimate of drug-likeness (QED) is 0.820. The molecule has 0 radical (unpaired) electrons. The Labute approximate surface area is 105 Å². The lowest BCUT2D eigenvalue weighted by molar-refractivity contribution is -0.122. The maximum atomic E-state index is 11.7. The largest absolute Gasteiger partial charge is 0.483 e. The van der Waals surface area contributed by atoms with E-state index >= 15 is 0 Å². The maximum Gasteiger partial charge on any atom is 0.257 e. The van der Waals surface area contributed by atoms with Crippen molar-refractivity contribution in [1.82, 2.24) is 5.32 Å². The highest BCUT2D eigenvalue weighted by Crippen LogP contribution is 2.24. The number of amides is 1. The van der Waals surface area contributed by atoms with Gasteiger partial charge >= 0.3 is 0 Å². The lowest BCUT2D eigenvalue weighted by Gasteiger charge is -2.10. The summed E-state index contributed by atoms with van der Waals surface area (Å²) >= 11 is 5.82. The molecule has 0 unspecified atom stereocenters. The average molecular weight is 256 g/mol. The number of ether oxygens (including phenoxy) is 1. The summed E-state index contributed by atoms with van der Waals surface area (Å²) in [5.41, 5.74) is 0.406. The molecule has 0 saturated carbocycles. The summed E-state index contributed by atoms with van der Waals surface area (Å²) in [6, 6.07) is 4.76. The number of halogens is 1.